The molecule has 0 aromatic carbocycles. The van der Waals surface area contributed by atoms with E-state index in [0.717, 1.165) is 24.3 Å². The van der Waals surface area contributed by atoms with Crippen molar-refractivity contribution in [1.82, 2.24) is 10.2 Å². The molecule has 3 rings (SSSR count). The second kappa shape index (κ2) is 5.61. The molecule has 1 atom stereocenters. The molecule has 1 unspecified atom stereocenters. The number of likely N-dealkylation sites (tertiary alicyclic amines) is 1. The third kappa shape index (κ3) is 3.38. The molecule has 3 nitrogen and oxygen atoms in total. The quantitative estimate of drug-likeness (QED) is 0.830. The molecule has 0 bridgehead atoms. The lowest BCUT2D eigenvalue weighted by atomic mass is 10.1. The van der Waals surface area contributed by atoms with Gasteiger partial charge in [-0.05, 0) is 44.7 Å². The maximum Gasteiger partial charge on any atom is 0.156 e. The maximum absolute atomic E-state index is 4.61. The number of rotatable bonds is 4. The minimum Gasteiger partial charge on any atom is -0.364 e. The van der Waals surface area contributed by atoms with Crippen molar-refractivity contribution in [1.29, 1.82) is 0 Å². The van der Waals surface area contributed by atoms with Gasteiger partial charge < -0.3 is 10.2 Å². The zero-order valence-electron chi connectivity index (χ0n) is 10.5. The van der Waals surface area contributed by atoms with Gasteiger partial charge in [0.1, 0.15) is 0 Å². The van der Waals surface area contributed by atoms with E-state index in [4.69, 9.17) is 0 Å². The fraction of sp³-hybridized carbons (Fsp3) is 0.923. The topological polar surface area (TPSA) is 27.6 Å². The number of nitrogens with zero attached hydrogens (tertiary/aromatic N) is 2. The summed E-state index contributed by atoms with van der Waals surface area (Å²) in [5, 5.41) is 5.52. The Morgan fingerprint density at radius 1 is 1.24 bits per heavy atom. The van der Waals surface area contributed by atoms with Crippen LogP contribution in [0.1, 0.15) is 32.1 Å². The van der Waals surface area contributed by atoms with Gasteiger partial charge in [-0.25, -0.2) is 0 Å². The molecule has 0 aromatic rings. The van der Waals surface area contributed by atoms with Crippen molar-refractivity contribution in [2.24, 2.45) is 10.9 Å². The number of aliphatic imine (C=N–C) groups is 1. The van der Waals surface area contributed by atoms with Gasteiger partial charge in [-0.2, -0.15) is 0 Å². The van der Waals surface area contributed by atoms with Crippen LogP contribution in [-0.2, 0) is 0 Å². The van der Waals surface area contributed by atoms with Crippen LogP contribution in [0, 0.1) is 5.92 Å². The fourth-order valence-corrected chi connectivity index (χ4v) is 3.94. The highest BCUT2D eigenvalue weighted by Gasteiger charge is 2.35. The van der Waals surface area contributed by atoms with Crippen molar-refractivity contribution in [2.45, 2.75) is 37.4 Å². The van der Waals surface area contributed by atoms with E-state index >= 15 is 0 Å². The van der Waals surface area contributed by atoms with Crippen LogP contribution in [0.2, 0.25) is 0 Å². The van der Waals surface area contributed by atoms with E-state index in [1.165, 1.54) is 56.9 Å². The molecule has 2 heterocycles. The number of hydrogen-bond donors (Lipinski definition) is 1. The van der Waals surface area contributed by atoms with Gasteiger partial charge in [0.25, 0.3) is 0 Å². The fourth-order valence-electron chi connectivity index (χ4n) is 2.71. The first-order chi connectivity index (χ1) is 8.42. The Labute approximate surface area is 108 Å². The molecule has 1 aliphatic carbocycles. The summed E-state index contributed by atoms with van der Waals surface area (Å²) in [6, 6.07) is 0. The summed E-state index contributed by atoms with van der Waals surface area (Å²) in [4.78, 5) is 7.19. The Hall–Kier alpha value is -0.220. The Balaban J connectivity index is 1.31. The lowest BCUT2D eigenvalue weighted by Gasteiger charge is -2.26. The van der Waals surface area contributed by atoms with Crippen LogP contribution in [0.4, 0.5) is 0 Å². The molecule has 2 fully saturated rings. The SMILES string of the molecule is C1CCN(CCNC2=NCC(C3CC3)S2)CC1. The van der Waals surface area contributed by atoms with E-state index in [9.17, 15) is 0 Å². The summed E-state index contributed by atoms with van der Waals surface area (Å²) in [6.07, 6.45) is 7.08. The van der Waals surface area contributed by atoms with E-state index in [1.807, 2.05) is 11.8 Å². The molecule has 0 amide bonds. The molecule has 3 aliphatic rings. The second-order valence-corrected chi connectivity index (χ2v) is 6.70. The molecule has 96 valence electrons. The number of hydrogen-bond acceptors (Lipinski definition) is 4. The van der Waals surface area contributed by atoms with Crippen molar-refractivity contribution in [3.8, 4) is 0 Å². The smallest absolute Gasteiger partial charge is 0.156 e. The van der Waals surface area contributed by atoms with Crippen molar-refractivity contribution in [2.75, 3.05) is 32.7 Å². The van der Waals surface area contributed by atoms with Crippen LogP contribution < -0.4 is 5.32 Å². The van der Waals surface area contributed by atoms with E-state index in [0.29, 0.717) is 0 Å². The predicted molar refractivity (Wildman–Crippen MR) is 74.7 cm³/mol. The average Bonchev–Trinajstić information content (AvgIpc) is 3.11. The summed E-state index contributed by atoms with van der Waals surface area (Å²) in [5.41, 5.74) is 0. The van der Waals surface area contributed by atoms with E-state index in [1.54, 1.807) is 0 Å². The predicted octanol–water partition coefficient (Wildman–Crippen LogP) is 1.94. The average molecular weight is 253 g/mol. The molecule has 2 aliphatic heterocycles. The first-order valence-electron chi connectivity index (χ1n) is 7.09. The zero-order valence-corrected chi connectivity index (χ0v) is 11.3. The second-order valence-electron chi connectivity index (χ2n) is 5.47. The Morgan fingerprint density at radius 3 is 2.82 bits per heavy atom. The highest BCUT2D eigenvalue weighted by molar-refractivity contribution is 8.14. The molecule has 0 radical (unpaired) electrons. The molecular weight excluding hydrogens is 230 g/mol. The van der Waals surface area contributed by atoms with Crippen LogP contribution in [-0.4, -0.2) is 48.0 Å². The Bertz CT molecular complexity index is 282. The molecule has 0 aromatic heterocycles. The molecule has 1 saturated heterocycles. The molecule has 17 heavy (non-hydrogen) atoms. The van der Waals surface area contributed by atoms with Gasteiger partial charge in [0.2, 0.25) is 0 Å². The highest BCUT2D eigenvalue weighted by atomic mass is 32.2. The Morgan fingerprint density at radius 2 is 2.06 bits per heavy atom. The maximum atomic E-state index is 4.61. The van der Waals surface area contributed by atoms with Gasteiger partial charge in [-0.15, -0.1) is 0 Å². The van der Waals surface area contributed by atoms with Gasteiger partial charge in [0.15, 0.2) is 5.17 Å². The standard InChI is InChI=1S/C13H23N3S/c1-2-7-16(8-3-1)9-6-14-13-15-10-12(17-13)11-4-5-11/h11-12H,1-10H2,(H,14,15). The highest BCUT2D eigenvalue weighted by Crippen LogP contribution is 2.41. The van der Waals surface area contributed by atoms with Gasteiger partial charge in [0.05, 0.1) is 6.54 Å². The van der Waals surface area contributed by atoms with Crippen LogP contribution in [0.5, 0.6) is 0 Å². The molecule has 1 N–H and O–H groups in total. The summed E-state index contributed by atoms with van der Waals surface area (Å²) >= 11 is 1.99. The zero-order chi connectivity index (χ0) is 11.5. The summed E-state index contributed by atoms with van der Waals surface area (Å²) < 4.78 is 0. The number of thioether (sulfide) groups is 1. The van der Waals surface area contributed by atoms with Gasteiger partial charge in [-0.3, -0.25) is 4.99 Å². The van der Waals surface area contributed by atoms with E-state index in [-0.39, 0.29) is 0 Å². The lowest BCUT2D eigenvalue weighted by Crippen LogP contribution is -2.36. The molecular formula is C13H23N3S. The first-order valence-corrected chi connectivity index (χ1v) is 7.97. The minimum atomic E-state index is 0.799. The van der Waals surface area contributed by atoms with Gasteiger partial charge >= 0.3 is 0 Å². The summed E-state index contributed by atoms with van der Waals surface area (Å²) in [7, 11) is 0. The van der Waals surface area contributed by atoms with Crippen LogP contribution in [0.15, 0.2) is 4.99 Å². The summed E-state index contributed by atoms with van der Waals surface area (Å²) in [6.45, 7) is 5.91. The third-order valence-corrected chi connectivity index (χ3v) is 5.31. The van der Waals surface area contributed by atoms with Crippen LogP contribution in [0.25, 0.3) is 0 Å². The first kappa shape index (κ1) is 11.8. The molecule has 0 spiro atoms. The van der Waals surface area contributed by atoms with Crippen molar-refractivity contribution in [3.05, 3.63) is 0 Å². The summed E-state index contributed by atoms with van der Waals surface area (Å²) in [5.74, 6) is 0.977. The third-order valence-electron chi connectivity index (χ3n) is 3.98. The van der Waals surface area contributed by atoms with Crippen LogP contribution >= 0.6 is 11.8 Å². The lowest BCUT2D eigenvalue weighted by molar-refractivity contribution is 0.232. The van der Waals surface area contributed by atoms with Crippen molar-refractivity contribution >= 4 is 16.9 Å². The monoisotopic (exact) mass is 253 g/mol. The van der Waals surface area contributed by atoms with E-state index in [2.05, 4.69) is 15.2 Å². The number of nitrogens with one attached hydrogen (secondary N) is 1. The minimum absolute atomic E-state index is 0.799. The van der Waals surface area contributed by atoms with Crippen LogP contribution in [0.3, 0.4) is 0 Å². The van der Waals surface area contributed by atoms with Crippen molar-refractivity contribution < 1.29 is 0 Å². The van der Waals surface area contributed by atoms with E-state index < -0.39 is 0 Å². The Kier molecular flexibility index (Phi) is 3.91. The largest absolute Gasteiger partial charge is 0.364 e. The number of amidine groups is 1. The molecule has 4 heteroatoms. The van der Waals surface area contributed by atoms with Crippen molar-refractivity contribution in [3.63, 3.8) is 0 Å². The van der Waals surface area contributed by atoms with Gasteiger partial charge in [-0.1, -0.05) is 18.2 Å². The number of piperidine rings is 1. The normalized spacial score (nSPS) is 30.4. The van der Waals surface area contributed by atoms with Gasteiger partial charge in [0, 0.05) is 18.3 Å². The molecule has 1 saturated carbocycles.